The summed E-state index contributed by atoms with van der Waals surface area (Å²) < 4.78 is 91.0. The van der Waals surface area contributed by atoms with Gasteiger partial charge >= 0.3 is 21.4 Å². The summed E-state index contributed by atoms with van der Waals surface area (Å²) in [5.41, 5.74) is -5.89. The van der Waals surface area contributed by atoms with E-state index in [9.17, 15) is 39.9 Å². The van der Waals surface area contributed by atoms with Crippen LogP contribution in [0.15, 0.2) is 52.4 Å². The molecule has 35 heavy (non-hydrogen) atoms. The molecule has 0 atom stereocenters. The molecule has 0 saturated heterocycles. The Bertz CT molecular complexity index is 1530. The molecule has 0 aliphatic carbocycles. The molecule has 0 radical (unpaired) electrons. The molecule has 0 aliphatic rings. The van der Waals surface area contributed by atoms with Crippen molar-refractivity contribution in [3.8, 4) is 11.6 Å². The van der Waals surface area contributed by atoms with Crippen molar-refractivity contribution in [1.82, 2.24) is 18.4 Å². The van der Waals surface area contributed by atoms with Crippen molar-refractivity contribution in [2.45, 2.75) is 23.9 Å². The summed E-state index contributed by atoms with van der Waals surface area (Å²) in [6, 6.07) is 4.71. The molecule has 2 N–H and O–H groups in total. The van der Waals surface area contributed by atoms with Gasteiger partial charge in [-0.3, -0.25) is 14.3 Å². The van der Waals surface area contributed by atoms with E-state index >= 15 is 0 Å². The Morgan fingerprint density at radius 3 is 2.23 bits per heavy atom. The fourth-order valence-electron chi connectivity index (χ4n) is 3.02. The zero-order chi connectivity index (χ0) is 26.3. The van der Waals surface area contributed by atoms with Crippen molar-refractivity contribution in [3.63, 3.8) is 0 Å². The average Bonchev–Trinajstić information content (AvgIpc) is 2.97. The van der Waals surface area contributed by atoms with E-state index in [2.05, 4.69) is 9.71 Å². The van der Waals surface area contributed by atoms with Crippen LogP contribution in [0.4, 0.5) is 18.9 Å². The largest absolute Gasteiger partial charge is 0.501 e. The molecule has 2 aromatic heterocycles. The molecule has 0 aliphatic heterocycles. The monoisotopic (exact) mass is 535 g/mol. The summed E-state index contributed by atoms with van der Waals surface area (Å²) in [7, 11) is -6.84. The summed E-state index contributed by atoms with van der Waals surface area (Å²) in [5.74, 6) is -0.536. The molecule has 0 spiro atoms. The van der Waals surface area contributed by atoms with Crippen molar-refractivity contribution in [2.24, 2.45) is 0 Å². The number of sulfone groups is 1. The number of aromatic nitrogens is 3. The van der Waals surface area contributed by atoms with E-state index in [0.717, 1.165) is 25.6 Å². The van der Waals surface area contributed by atoms with Gasteiger partial charge < -0.3 is 5.11 Å². The first kappa shape index (κ1) is 26.2. The molecule has 3 rings (SSSR count). The SMILES string of the molecule is Cc1c(O)n(-c2ccc(S(=O)(=O)C(F)(F)F)cc2)c(=O)n1Cc1ccncc1NS(=O)(=O)N(C)C. The molecule has 1 aromatic carbocycles. The van der Waals surface area contributed by atoms with Gasteiger partial charge in [0, 0.05) is 20.3 Å². The lowest BCUT2D eigenvalue weighted by atomic mass is 10.2. The number of anilines is 1. The molecular formula is C19H20F3N5O6S2. The van der Waals surface area contributed by atoms with Crippen molar-refractivity contribution in [2.75, 3.05) is 18.8 Å². The molecule has 0 amide bonds. The quantitative estimate of drug-likeness (QED) is 0.468. The topological polar surface area (TPSA) is 144 Å². The maximum Gasteiger partial charge on any atom is 0.501 e. The minimum Gasteiger partial charge on any atom is -0.493 e. The molecule has 0 saturated carbocycles. The second kappa shape index (κ2) is 9.01. The van der Waals surface area contributed by atoms with Gasteiger partial charge in [-0.05, 0) is 42.8 Å². The van der Waals surface area contributed by atoms with Gasteiger partial charge in [-0.25, -0.2) is 17.8 Å². The number of halogens is 3. The first-order valence-corrected chi connectivity index (χ1v) is 12.6. The van der Waals surface area contributed by atoms with Crippen molar-refractivity contribution < 1.29 is 35.1 Å². The molecule has 3 aromatic rings. The van der Waals surface area contributed by atoms with Gasteiger partial charge in [0.1, 0.15) is 0 Å². The minimum absolute atomic E-state index is 0.0696. The third-order valence-corrected chi connectivity index (χ3v) is 7.97. The summed E-state index contributed by atoms with van der Waals surface area (Å²) in [6.45, 7) is 1.21. The Morgan fingerprint density at radius 1 is 1.09 bits per heavy atom. The van der Waals surface area contributed by atoms with E-state index < -0.39 is 42.0 Å². The maximum absolute atomic E-state index is 13.1. The van der Waals surface area contributed by atoms with Gasteiger partial charge in [0.15, 0.2) is 0 Å². The molecule has 0 fully saturated rings. The highest BCUT2D eigenvalue weighted by molar-refractivity contribution is 7.92. The molecule has 0 bridgehead atoms. The smallest absolute Gasteiger partial charge is 0.493 e. The van der Waals surface area contributed by atoms with E-state index in [1.807, 2.05) is 0 Å². The Balaban J connectivity index is 2.03. The molecule has 11 nitrogen and oxygen atoms in total. The minimum atomic E-state index is -5.59. The predicted molar refractivity (Wildman–Crippen MR) is 119 cm³/mol. The van der Waals surface area contributed by atoms with Gasteiger partial charge in [0.2, 0.25) is 5.88 Å². The van der Waals surface area contributed by atoms with Crippen molar-refractivity contribution in [3.05, 3.63) is 64.5 Å². The average molecular weight is 536 g/mol. The Kier molecular flexibility index (Phi) is 6.75. The lowest BCUT2D eigenvalue weighted by molar-refractivity contribution is -0.0436. The van der Waals surface area contributed by atoms with E-state index in [1.165, 1.54) is 39.5 Å². The zero-order valence-corrected chi connectivity index (χ0v) is 20.1. The van der Waals surface area contributed by atoms with Crippen LogP contribution in [-0.2, 0) is 26.6 Å². The third kappa shape index (κ3) is 4.89. The van der Waals surface area contributed by atoms with E-state index in [0.29, 0.717) is 17.7 Å². The Hall–Kier alpha value is -3.37. The maximum atomic E-state index is 13.1. The van der Waals surface area contributed by atoms with Crippen LogP contribution in [0.5, 0.6) is 5.88 Å². The van der Waals surface area contributed by atoms with Crippen LogP contribution in [0.25, 0.3) is 5.69 Å². The van der Waals surface area contributed by atoms with Gasteiger partial charge in [0.25, 0.3) is 9.84 Å². The fraction of sp³-hybridized carbons (Fsp3) is 0.263. The number of pyridine rings is 1. The van der Waals surface area contributed by atoms with Crippen molar-refractivity contribution in [1.29, 1.82) is 0 Å². The molecule has 190 valence electrons. The van der Waals surface area contributed by atoms with E-state index in [-0.39, 0.29) is 23.6 Å². The second-order valence-electron chi connectivity index (χ2n) is 7.48. The number of nitrogens with zero attached hydrogens (tertiary/aromatic N) is 4. The Morgan fingerprint density at radius 2 is 1.69 bits per heavy atom. The summed E-state index contributed by atoms with van der Waals surface area (Å²) in [4.78, 5) is 15.9. The van der Waals surface area contributed by atoms with Gasteiger partial charge in [-0.1, -0.05) is 0 Å². The number of rotatable bonds is 7. The number of hydrogen-bond donors (Lipinski definition) is 2. The molecular weight excluding hydrogens is 515 g/mol. The number of nitrogens with one attached hydrogen (secondary N) is 1. The predicted octanol–water partition coefficient (Wildman–Crippen LogP) is 1.61. The lowest BCUT2D eigenvalue weighted by Crippen LogP contribution is -2.30. The lowest BCUT2D eigenvalue weighted by Gasteiger charge is -2.16. The molecule has 2 heterocycles. The first-order chi connectivity index (χ1) is 16.1. The third-order valence-electron chi connectivity index (χ3n) is 5.03. The summed E-state index contributed by atoms with van der Waals surface area (Å²) in [5, 5.41) is 10.5. The number of aromatic hydroxyl groups is 1. The molecule has 16 heteroatoms. The van der Waals surface area contributed by atoms with Crippen LogP contribution in [0.1, 0.15) is 11.3 Å². The van der Waals surface area contributed by atoms with Crippen LogP contribution in [0.2, 0.25) is 0 Å². The van der Waals surface area contributed by atoms with Crippen LogP contribution in [0, 0.1) is 6.92 Å². The fourth-order valence-corrected chi connectivity index (χ4v) is 4.42. The van der Waals surface area contributed by atoms with Gasteiger partial charge in [-0.15, -0.1) is 0 Å². The first-order valence-electron chi connectivity index (χ1n) is 9.64. The number of benzene rings is 1. The second-order valence-corrected chi connectivity index (χ2v) is 11.3. The van der Waals surface area contributed by atoms with Crippen LogP contribution in [0.3, 0.4) is 0 Å². The highest BCUT2D eigenvalue weighted by atomic mass is 32.2. The van der Waals surface area contributed by atoms with E-state index in [1.54, 1.807) is 0 Å². The highest BCUT2D eigenvalue weighted by Crippen LogP contribution is 2.31. The zero-order valence-electron chi connectivity index (χ0n) is 18.5. The van der Waals surface area contributed by atoms with Crippen LogP contribution >= 0.6 is 0 Å². The normalized spacial score (nSPS) is 12.8. The van der Waals surface area contributed by atoms with E-state index in [4.69, 9.17) is 0 Å². The summed E-state index contributed by atoms with van der Waals surface area (Å²) in [6.07, 6.45) is 2.62. The number of hydrogen-bond acceptors (Lipinski definition) is 7. The standard InChI is InChI=1S/C19H20F3N5O6S2/c1-12-17(28)27(14-4-6-15(7-5-14)34(30,31)19(20,21)22)18(29)26(12)11-13-8-9-23-10-16(13)24-35(32,33)25(2)3/h4-10,24,28H,11H2,1-3H3. The Labute approximate surface area is 198 Å². The van der Waals surface area contributed by atoms with Gasteiger partial charge in [-0.2, -0.15) is 25.9 Å². The van der Waals surface area contributed by atoms with Crippen molar-refractivity contribution >= 4 is 25.7 Å². The number of alkyl halides is 3. The molecule has 0 unspecified atom stereocenters. The van der Waals surface area contributed by atoms with Gasteiger partial charge in [0.05, 0.1) is 34.7 Å². The summed E-state index contributed by atoms with van der Waals surface area (Å²) >= 11 is 0. The number of imidazole rings is 1. The van der Waals surface area contributed by atoms with Crippen LogP contribution in [-0.4, -0.2) is 60.0 Å². The highest BCUT2D eigenvalue weighted by Gasteiger charge is 2.46. The van der Waals surface area contributed by atoms with Crippen LogP contribution < -0.4 is 10.4 Å².